The number of fused-ring (bicyclic) bond motifs is 15. The number of esters is 3. The molecule has 0 aromatic carbocycles. The molecule has 33 unspecified atom stereocenters. The number of aliphatic hydroxyl groups excluding tert-OH is 3. The van der Waals surface area contributed by atoms with Gasteiger partial charge < -0.3 is 87.3 Å². The number of hydrogen-bond acceptors (Lipinski definition) is 21. The van der Waals surface area contributed by atoms with Gasteiger partial charge in [-0.25, -0.2) is 27.3 Å². The molecule has 30 heteroatoms. The maximum Gasteiger partial charge on any atom is 0.472 e. The van der Waals surface area contributed by atoms with E-state index >= 15 is 0 Å². The minimum absolute atomic E-state index is 0.142. The van der Waals surface area contributed by atoms with Crippen LogP contribution < -0.4 is 0 Å². The van der Waals surface area contributed by atoms with Crippen molar-refractivity contribution in [1.29, 1.82) is 0 Å². The molecule has 12 aliphatic carbocycles. The van der Waals surface area contributed by atoms with E-state index in [2.05, 4.69) is 145 Å². The van der Waals surface area contributed by atoms with Crippen molar-refractivity contribution in [2.24, 2.45) is 139 Å². The summed E-state index contributed by atoms with van der Waals surface area (Å²) in [6.07, 6.45) is 24.9. The van der Waals surface area contributed by atoms with Crippen molar-refractivity contribution in [3.63, 3.8) is 0 Å². The van der Waals surface area contributed by atoms with Crippen LogP contribution in [0.3, 0.4) is 0 Å². The SMILES string of the molecule is CC(C)OC1CCC2(C)C(C1)CC(OC(C)C)C1C2CC(O)C2(C)C(C(C)CCC(=O)OCOP(=O)(O)O)CCC12.CCOC1CC2CC(OC(C)C)CCC2(C)C2CC(O)C3(C)C(C(C)CCC(=O)OCOP(=O)(O)O)CCC3C12.CCOC1CCC2(C)C(C1)CC(OC(C)C)C1C2CC(O)C2(C)C(C(C)CCC(=O)OCOP(=O)(O)O)CCC12. The zero-order valence-electron chi connectivity index (χ0n) is 76.7. The topological polar surface area (TPSA) is 395 Å². The fraction of sp³-hybridized carbons (Fsp3) is 0.967. The average Bonchev–Trinajstić information content (AvgIpc) is 1.66. The molecule has 0 saturated heterocycles. The summed E-state index contributed by atoms with van der Waals surface area (Å²) in [6, 6.07) is 0. The smallest absolute Gasteiger partial charge is 0.438 e. The fourth-order valence-corrected chi connectivity index (χ4v) is 30.0. The highest BCUT2D eigenvalue weighted by atomic mass is 31.2. The summed E-state index contributed by atoms with van der Waals surface area (Å²) >= 11 is 0. The molecule has 0 heterocycles. The monoisotopic (exact) mass is 1780 g/mol. The molecule has 0 aromatic rings. The zero-order valence-corrected chi connectivity index (χ0v) is 79.4. The van der Waals surface area contributed by atoms with Gasteiger partial charge in [-0.3, -0.25) is 14.4 Å². The van der Waals surface area contributed by atoms with Gasteiger partial charge in [0.05, 0.1) is 79.4 Å². The number of aliphatic hydroxyl groups is 3. The second-order valence-corrected chi connectivity index (χ2v) is 46.1. The molecule has 0 radical (unpaired) electrons. The average molecular weight is 1780 g/mol. The van der Waals surface area contributed by atoms with Crippen molar-refractivity contribution >= 4 is 41.4 Å². The van der Waals surface area contributed by atoms with Gasteiger partial charge >= 0.3 is 41.4 Å². The predicted octanol–water partition coefficient (Wildman–Crippen LogP) is 16.7. The summed E-state index contributed by atoms with van der Waals surface area (Å²) in [5.74, 6) is 4.95. The predicted molar refractivity (Wildman–Crippen MR) is 454 cm³/mol. The van der Waals surface area contributed by atoms with Crippen molar-refractivity contribution in [2.45, 2.75) is 384 Å². The van der Waals surface area contributed by atoms with E-state index in [1.165, 1.54) is 0 Å². The lowest BCUT2D eigenvalue weighted by molar-refractivity contribution is -0.225. The van der Waals surface area contributed by atoms with Gasteiger partial charge in [0.1, 0.15) is 0 Å². The van der Waals surface area contributed by atoms with E-state index in [9.17, 15) is 43.4 Å². The first-order chi connectivity index (χ1) is 56.5. The van der Waals surface area contributed by atoms with E-state index in [1.807, 2.05) is 0 Å². The number of phosphoric acid groups is 3. The van der Waals surface area contributed by atoms with Crippen LogP contribution in [0.4, 0.5) is 0 Å². The summed E-state index contributed by atoms with van der Waals surface area (Å²) in [4.78, 5) is 89.3. The summed E-state index contributed by atoms with van der Waals surface area (Å²) in [7, 11) is -14.0. The van der Waals surface area contributed by atoms with E-state index in [0.29, 0.717) is 115 Å². The Morgan fingerprint density at radius 3 is 0.901 bits per heavy atom. The van der Waals surface area contributed by atoms with Gasteiger partial charge in [0, 0.05) is 32.5 Å². The van der Waals surface area contributed by atoms with Gasteiger partial charge in [0.2, 0.25) is 20.4 Å². The second-order valence-electron chi connectivity index (χ2n) is 42.4. The third-order valence-corrected chi connectivity index (χ3v) is 36.1. The normalized spacial score (nSPS) is 42.0. The number of ether oxygens (including phenoxy) is 9. The minimum atomic E-state index is -4.68. The highest BCUT2D eigenvalue weighted by Crippen LogP contribution is 2.73. The maximum absolute atomic E-state index is 12.2. The van der Waals surface area contributed by atoms with Crippen LogP contribution in [-0.2, 0) is 84.3 Å². The van der Waals surface area contributed by atoms with Gasteiger partial charge in [-0.05, 0) is 362 Å². The molecule has 33 atom stereocenters. The van der Waals surface area contributed by atoms with E-state index in [1.54, 1.807) is 0 Å². The first-order valence-electron chi connectivity index (χ1n) is 46.9. The molecule has 12 saturated carbocycles. The van der Waals surface area contributed by atoms with Gasteiger partial charge in [0.25, 0.3) is 0 Å². The van der Waals surface area contributed by atoms with Crippen LogP contribution >= 0.6 is 23.5 Å². The Morgan fingerprint density at radius 1 is 0.347 bits per heavy atom. The molecule has 12 fully saturated rings. The molecule has 0 bridgehead atoms. The van der Waals surface area contributed by atoms with Crippen molar-refractivity contribution in [3.8, 4) is 0 Å². The van der Waals surface area contributed by atoms with Crippen molar-refractivity contribution in [2.75, 3.05) is 33.6 Å². The highest BCUT2D eigenvalue weighted by Gasteiger charge is 2.70. The number of carbonyl (C=O) groups excluding carboxylic acids is 3. The quantitative estimate of drug-likeness (QED) is 0.0127. The Hall–Kier alpha value is -1.62. The number of phosphoric ester groups is 3. The summed E-state index contributed by atoms with van der Waals surface area (Å²) in [5, 5.41) is 35.8. The molecular formula is C91H161O27P3. The fourth-order valence-electron chi connectivity index (χ4n) is 29.4. The van der Waals surface area contributed by atoms with Crippen LogP contribution in [0, 0.1) is 139 Å². The molecule has 0 spiro atoms. The molecular weight excluding hydrogens is 1620 g/mol. The Labute approximate surface area is 723 Å². The number of rotatable bonds is 33. The Bertz CT molecular complexity index is 3500. The van der Waals surface area contributed by atoms with Gasteiger partial charge in [-0.1, -0.05) is 62.3 Å². The van der Waals surface area contributed by atoms with Gasteiger partial charge in [-0.15, -0.1) is 0 Å². The zero-order chi connectivity index (χ0) is 89.2. The molecule has 9 N–H and O–H groups in total. The van der Waals surface area contributed by atoms with Crippen LogP contribution in [0.2, 0.25) is 0 Å². The first-order valence-corrected chi connectivity index (χ1v) is 51.5. The lowest BCUT2D eigenvalue weighted by Crippen LogP contribution is -2.63. The Balaban J connectivity index is 0.000000190. The van der Waals surface area contributed by atoms with Crippen LogP contribution in [0.1, 0.15) is 305 Å². The molecule has 0 aromatic heterocycles. The van der Waals surface area contributed by atoms with E-state index in [4.69, 9.17) is 72.0 Å². The summed E-state index contributed by atoms with van der Waals surface area (Å²) in [5.41, 5.74) is -0.222. The molecule has 12 rings (SSSR count). The second kappa shape index (κ2) is 41.4. The van der Waals surface area contributed by atoms with E-state index in [0.717, 1.165) is 141 Å². The van der Waals surface area contributed by atoms with E-state index in [-0.39, 0.29) is 130 Å². The lowest BCUT2D eigenvalue weighted by atomic mass is 9.43. The largest absolute Gasteiger partial charge is 0.472 e. The first kappa shape index (κ1) is 102. The maximum atomic E-state index is 12.2. The molecule has 0 amide bonds. The van der Waals surface area contributed by atoms with Crippen molar-refractivity contribution in [3.05, 3.63) is 0 Å². The van der Waals surface area contributed by atoms with Crippen LogP contribution in [0.5, 0.6) is 0 Å². The minimum Gasteiger partial charge on any atom is -0.438 e. The van der Waals surface area contributed by atoms with Crippen LogP contribution in [0.25, 0.3) is 0 Å². The lowest BCUT2D eigenvalue weighted by Gasteiger charge is -2.64. The Morgan fingerprint density at radius 2 is 0.620 bits per heavy atom. The summed E-state index contributed by atoms with van der Waals surface area (Å²) in [6.45, 7) is 41.1. The van der Waals surface area contributed by atoms with Gasteiger partial charge in [-0.2, -0.15) is 0 Å². The molecule has 0 aliphatic heterocycles. The van der Waals surface area contributed by atoms with Crippen molar-refractivity contribution in [1.82, 2.24) is 0 Å². The van der Waals surface area contributed by atoms with E-state index < -0.39 is 80.1 Å². The Kier molecular flexibility index (Phi) is 34.8. The standard InChI is InChI=1S/C31H55O9P.2C30H53O9P/c1-18(2)39-22-12-13-30(6)21(14-22)15-26(40-19(3)4)29-24-10-9-23(31(24,7)27(32)16-25(29)30)20(5)8-11-28(33)37-17-38-41(34,35)36;1-7-36-25-15-20-14-21(39-18(2)3)12-13-29(20,5)24-16-26(31)30(6)22(9-10-23(30)28(24)25)19(4)8-11-27(32)37-17-38-40(33,34)35;1-7-36-21-12-13-29(5)20(14-21)15-25(39-18(2)3)28-23-10-9-22(30(23,6)26(31)16-24(28)29)19(4)8-11-27(32)37-17-38-40(33,34)35/h18-27,29,32H,8-17H2,1-7H3,(H2,34,35,36);2*18-26,28,31H,7-17H2,1-6H3,(H2,33,34,35). The third kappa shape index (κ3) is 23.1. The molecule has 702 valence electrons. The molecule has 12 aliphatic rings. The van der Waals surface area contributed by atoms with Crippen molar-refractivity contribution < 1.29 is 129 Å². The highest BCUT2D eigenvalue weighted by molar-refractivity contribution is 7.46. The van der Waals surface area contributed by atoms with Gasteiger partial charge in [0.15, 0.2) is 0 Å². The number of hydrogen-bond donors (Lipinski definition) is 9. The molecule has 27 nitrogen and oxygen atoms in total. The molecule has 121 heavy (non-hydrogen) atoms. The summed E-state index contributed by atoms with van der Waals surface area (Å²) < 4.78 is 98.4. The number of carbonyl (C=O) groups is 3. The van der Waals surface area contributed by atoms with Crippen LogP contribution in [0.15, 0.2) is 0 Å². The van der Waals surface area contributed by atoms with Crippen LogP contribution in [-0.4, -0.2) is 176 Å². The third-order valence-electron chi connectivity index (χ3n) is 34.8.